The highest BCUT2D eigenvalue weighted by atomic mass is 35.5. The molecule has 5 nitrogen and oxygen atoms in total. The number of hydrogen-bond donors (Lipinski definition) is 0. The van der Waals surface area contributed by atoms with E-state index in [-0.39, 0.29) is 17.9 Å². The van der Waals surface area contributed by atoms with Crippen LogP contribution in [0.2, 0.25) is 0 Å². The van der Waals surface area contributed by atoms with E-state index in [0.29, 0.717) is 0 Å². The van der Waals surface area contributed by atoms with Gasteiger partial charge in [0, 0.05) is 0 Å². The van der Waals surface area contributed by atoms with Crippen LogP contribution in [-0.2, 0) is 6.54 Å². The summed E-state index contributed by atoms with van der Waals surface area (Å²) in [4.78, 5) is 22.4. The highest BCUT2D eigenvalue weighted by molar-refractivity contribution is 6.71. The second-order valence-electron chi connectivity index (χ2n) is 3.48. The van der Waals surface area contributed by atoms with Crippen LogP contribution < -0.4 is 0 Å². The minimum absolute atomic E-state index is 0.0967. The molecule has 0 radical (unpaired) electrons. The van der Waals surface area contributed by atoms with Gasteiger partial charge in [0.05, 0.1) is 6.54 Å². The number of rotatable bonds is 4. The Balaban J connectivity index is 2.40. The molecular formula is C11H7Cl2N3O2. The molecule has 0 aliphatic rings. The molecule has 1 aromatic carbocycles. The lowest BCUT2D eigenvalue weighted by Crippen LogP contribution is -2.10. The first kappa shape index (κ1) is 12.7. The van der Waals surface area contributed by atoms with E-state index in [0.717, 1.165) is 5.56 Å². The fraction of sp³-hybridized carbons (Fsp3) is 0.0909. The SMILES string of the molecule is O=C(Cl)c1nnn(Cc2ccccc2)c1C(=O)Cl. The van der Waals surface area contributed by atoms with Crippen molar-refractivity contribution in [3.05, 3.63) is 47.3 Å². The molecule has 7 heteroatoms. The molecule has 92 valence electrons. The Labute approximate surface area is 112 Å². The summed E-state index contributed by atoms with van der Waals surface area (Å²) in [7, 11) is 0. The van der Waals surface area contributed by atoms with Crippen molar-refractivity contribution in [2.45, 2.75) is 6.54 Å². The van der Waals surface area contributed by atoms with Crippen LogP contribution in [0.5, 0.6) is 0 Å². The topological polar surface area (TPSA) is 64.8 Å². The van der Waals surface area contributed by atoms with Gasteiger partial charge in [-0.05, 0) is 28.8 Å². The van der Waals surface area contributed by atoms with Crippen molar-refractivity contribution in [3.63, 3.8) is 0 Å². The smallest absolute Gasteiger partial charge is 0.274 e. The normalized spacial score (nSPS) is 10.3. The van der Waals surface area contributed by atoms with Crippen LogP contribution in [0.15, 0.2) is 30.3 Å². The molecule has 1 heterocycles. The summed E-state index contributed by atoms with van der Waals surface area (Å²) < 4.78 is 1.25. The third-order valence-electron chi connectivity index (χ3n) is 2.28. The molecule has 2 aromatic rings. The Bertz CT molecular complexity index is 596. The van der Waals surface area contributed by atoms with Gasteiger partial charge < -0.3 is 0 Å². The van der Waals surface area contributed by atoms with Crippen molar-refractivity contribution in [1.82, 2.24) is 15.0 Å². The van der Waals surface area contributed by atoms with Gasteiger partial charge in [0.15, 0.2) is 11.4 Å². The van der Waals surface area contributed by atoms with Gasteiger partial charge in [-0.15, -0.1) is 5.10 Å². The molecule has 0 atom stereocenters. The molecule has 0 unspecified atom stereocenters. The molecule has 0 N–H and O–H groups in total. The minimum atomic E-state index is -0.863. The molecule has 0 saturated heterocycles. The maximum Gasteiger partial charge on any atom is 0.275 e. The molecule has 0 amide bonds. The van der Waals surface area contributed by atoms with Gasteiger partial charge in [-0.3, -0.25) is 9.59 Å². The van der Waals surface area contributed by atoms with Crippen molar-refractivity contribution in [2.24, 2.45) is 0 Å². The lowest BCUT2D eigenvalue weighted by atomic mass is 10.2. The van der Waals surface area contributed by atoms with Crippen LogP contribution in [0.1, 0.15) is 26.5 Å². The molecule has 0 aliphatic heterocycles. The van der Waals surface area contributed by atoms with E-state index in [1.165, 1.54) is 4.68 Å². The number of carbonyl (C=O) groups is 2. The van der Waals surface area contributed by atoms with Crippen molar-refractivity contribution in [1.29, 1.82) is 0 Å². The van der Waals surface area contributed by atoms with Crippen LogP contribution in [0, 0.1) is 0 Å². The average molecular weight is 284 g/mol. The summed E-state index contributed by atoms with van der Waals surface area (Å²) >= 11 is 10.7. The molecule has 0 spiro atoms. The number of aromatic nitrogens is 3. The molecule has 0 fully saturated rings. The molecule has 0 saturated carbocycles. The highest BCUT2D eigenvalue weighted by Gasteiger charge is 2.22. The monoisotopic (exact) mass is 283 g/mol. The summed E-state index contributed by atoms with van der Waals surface area (Å²) in [5, 5.41) is 5.59. The van der Waals surface area contributed by atoms with Crippen LogP contribution >= 0.6 is 23.2 Å². The zero-order valence-corrected chi connectivity index (χ0v) is 10.5. The Morgan fingerprint density at radius 2 is 1.78 bits per heavy atom. The van der Waals surface area contributed by atoms with Crippen molar-refractivity contribution < 1.29 is 9.59 Å². The highest BCUT2D eigenvalue weighted by Crippen LogP contribution is 2.13. The predicted octanol–water partition coefficient (Wildman–Crippen LogP) is 2.08. The van der Waals surface area contributed by atoms with Crippen LogP contribution in [0.3, 0.4) is 0 Å². The van der Waals surface area contributed by atoms with Gasteiger partial charge in [-0.1, -0.05) is 35.5 Å². The van der Waals surface area contributed by atoms with E-state index in [9.17, 15) is 9.59 Å². The van der Waals surface area contributed by atoms with Crippen LogP contribution in [0.4, 0.5) is 0 Å². The Morgan fingerprint density at radius 3 is 2.33 bits per heavy atom. The first-order valence-electron chi connectivity index (χ1n) is 4.96. The first-order chi connectivity index (χ1) is 8.59. The van der Waals surface area contributed by atoms with Crippen molar-refractivity contribution >= 4 is 33.7 Å². The first-order valence-corrected chi connectivity index (χ1v) is 5.72. The van der Waals surface area contributed by atoms with Crippen LogP contribution in [0.25, 0.3) is 0 Å². The fourth-order valence-electron chi connectivity index (χ4n) is 1.51. The van der Waals surface area contributed by atoms with Gasteiger partial charge in [-0.25, -0.2) is 4.68 Å². The van der Waals surface area contributed by atoms with Gasteiger partial charge >= 0.3 is 0 Å². The molecule has 0 bridgehead atoms. The van der Waals surface area contributed by atoms with E-state index in [4.69, 9.17) is 23.2 Å². The lowest BCUT2D eigenvalue weighted by Gasteiger charge is -2.03. The van der Waals surface area contributed by atoms with Gasteiger partial charge in [0.25, 0.3) is 10.5 Å². The molecule has 0 aliphatic carbocycles. The number of carbonyl (C=O) groups excluding carboxylic acids is 2. The van der Waals surface area contributed by atoms with Gasteiger partial charge in [0.1, 0.15) is 0 Å². The van der Waals surface area contributed by atoms with Gasteiger partial charge in [-0.2, -0.15) is 0 Å². The van der Waals surface area contributed by atoms with E-state index in [1.807, 2.05) is 30.3 Å². The predicted molar refractivity (Wildman–Crippen MR) is 65.9 cm³/mol. The molecule has 18 heavy (non-hydrogen) atoms. The number of hydrogen-bond acceptors (Lipinski definition) is 4. The van der Waals surface area contributed by atoms with E-state index in [2.05, 4.69) is 10.3 Å². The third-order valence-corrected chi connectivity index (χ3v) is 2.64. The maximum atomic E-state index is 11.3. The summed E-state index contributed by atoms with van der Waals surface area (Å²) in [5.74, 6) is 0. The number of nitrogens with zero attached hydrogens (tertiary/aromatic N) is 3. The zero-order valence-electron chi connectivity index (χ0n) is 9.01. The van der Waals surface area contributed by atoms with Crippen LogP contribution in [-0.4, -0.2) is 25.5 Å². The third kappa shape index (κ3) is 2.57. The van der Waals surface area contributed by atoms with E-state index in [1.54, 1.807) is 0 Å². The Kier molecular flexibility index (Phi) is 3.74. The quantitative estimate of drug-likeness (QED) is 0.806. The zero-order chi connectivity index (χ0) is 13.1. The Hall–Kier alpha value is -1.72. The summed E-state index contributed by atoms with van der Waals surface area (Å²) in [5.41, 5.74) is 0.572. The summed E-state index contributed by atoms with van der Waals surface area (Å²) in [6, 6.07) is 9.27. The number of benzene rings is 1. The van der Waals surface area contributed by atoms with Gasteiger partial charge in [0.2, 0.25) is 0 Å². The largest absolute Gasteiger partial charge is 0.275 e. The molecule has 1 aromatic heterocycles. The maximum absolute atomic E-state index is 11.3. The second kappa shape index (κ2) is 5.29. The average Bonchev–Trinajstić information content (AvgIpc) is 2.74. The van der Waals surface area contributed by atoms with E-state index < -0.39 is 10.5 Å². The standard InChI is InChI=1S/C11H7Cl2N3O2/c12-10(17)8-9(11(13)18)16(15-14-8)6-7-4-2-1-3-5-7/h1-5H,6H2. The summed E-state index contributed by atoms with van der Waals surface area (Å²) in [6.07, 6.45) is 0. The lowest BCUT2D eigenvalue weighted by molar-refractivity contribution is 0.104. The van der Waals surface area contributed by atoms with E-state index >= 15 is 0 Å². The van der Waals surface area contributed by atoms with Crippen molar-refractivity contribution in [2.75, 3.05) is 0 Å². The fourth-order valence-corrected chi connectivity index (χ4v) is 1.82. The second-order valence-corrected chi connectivity index (χ2v) is 4.16. The molecular weight excluding hydrogens is 277 g/mol. The number of halogens is 2. The Morgan fingerprint density at radius 1 is 1.11 bits per heavy atom. The summed E-state index contributed by atoms with van der Waals surface area (Å²) in [6.45, 7) is 0.284. The molecule has 2 rings (SSSR count). The minimum Gasteiger partial charge on any atom is -0.274 e. The van der Waals surface area contributed by atoms with Crippen molar-refractivity contribution in [3.8, 4) is 0 Å².